The van der Waals surface area contributed by atoms with Crippen LogP contribution < -0.4 is 0 Å². The van der Waals surface area contributed by atoms with E-state index in [1.807, 2.05) is 24.3 Å². The van der Waals surface area contributed by atoms with Crippen LogP contribution in [-0.2, 0) is 14.9 Å². The molecule has 0 N–H and O–H groups in total. The highest BCUT2D eigenvalue weighted by Gasteiger charge is 2.24. The van der Waals surface area contributed by atoms with E-state index in [2.05, 4.69) is 15.9 Å². The molecule has 6 heteroatoms. The van der Waals surface area contributed by atoms with Gasteiger partial charge in [0, 0.05) is 44.2 Å². The smallest absolute Gasteiger partial charge is 0.253 e. The first-order valence-electron chi connectivity index (χ1n) is 6.86. The number of hydrogen-bond donors (Lipinski definition) is 0. The molecule has 0 aromatic heterocycles. The first kappa shape index (κ1) is 16.0. The van der Waals surface area contributed by atoms with E-state index in [1.165, 1.54) is 7.11 Å². The van der Waals surface area contributed by atoms with Gasteiger partial charge in [-0.2, -0.15) is 0 Å². The van der Waals surface area contributed by atoms with Crippen LogP contribution in [-0.4, -0.2) is 61.5 Å². The highest BCUT2D eigenvalue weighted by molar-refractivity contribution is 9.08. The van der Waals surface area contributed by atoms with Gasteiger partial charge in [0.05, 0.1) is 0 Å². The molecule has 1 fully saturated rings. The molecule has 5 nitrogen and oxygen atoms in total. The largest absolute Gasteiger partial charge is 0.375 e. The Kier molecular flexibility index (Phi) is 5.76. The lowest BCUT2D eigenvalue weighted by molar-refractivity contribution is -0.136. The van der Waals surface area contributed by atoms with Crippen molar-refractivity contribution in [1.82, 2.24) is 9.80 Å². The Labute approximate surface area is 133 Å². The fourth-order valence-corrected chi connectivity index (χ4v) is 2.67. The molecule has 0 radical (unpaired) electrons. The number of carbonyl (C=O) groups excluding carboxylic acids is 2. The second-order valence-electron chi connectivity index (χ2n) is 4.94. The quantitative estimate of drug-likeness (QED) is 0.770. The Balaban J connectivity index is 1.92. The zero-order chi connectivity index (χ0) is 15.2. The molecular weight excluding hydrogens is 336 g/mol. The molecule has 0 bridgehead atoms. The Morgan fingerprint density at radius 3 is 2.19 bits per heavy atom. The van der Waals surface area contributed by atoms with Gasteiger partial charge in [0.15, 0.2) is 0 Å². The third kappa shape index (κ3) is 4.04. The SMILES string of the molecule is COCC(=O)N1CCN(C(=O)c2ccc(CBr)cc2)CC1. The van der Waals surface area contributed by atoms with E-state index in [1.54, 1.807) is 9.80 Å². The molecule has 0 unspecified atom stereocenters. The van der Waals surface area contributed by atoms with Crippen molar-refractivity contribution in [1.29, 1.82) is 0 Å². The van der Waals surface area contributed by atoms with Crippen molar-refractivity contribution in [2.45, 2.75) is 5.33 Å². The number of ether oxygens (including phenoxy) is 1. The molecule has 1 aromatic rings. The number of halogens is 1. The lowest BCUT2D eigenvalue weighted by Crippen LogP contribution is -2.51. The Morgan fingerprint density at radius 2 is 1.67 bits per heavy atom. The molecule has 0 spiro atoms. The lowest BCUT2D eigenvalue weighted by Gasteiger charge is -2.34. The molecule has 0 saturated carbocycles. The third-order valence-electron chi connectivity index (χ3n) is 3.54. The van der Waals surface area contributed by atoms with Crippen molar-refractivity contribution in [3.63, 3.8) is 0 Å². The van der Waals surface area contributed by atoms with Crippen LogP contribution in [0.4, 0.5) is 0 Å². The standard InChI is InChI=1S/C15H19BrN2O3/c1-21-11-14(19)17-6-8-18(9-7-17)15(20)13-4-2-12(10-16)3-5-13/h2-5H,6-11H2,1H3. The molecule has 2 amide bonds. The predicted molar refractivity (Wildman–Crippen MR) is 83.4 cm³/mol. The van der Waals surface area contributed by atoms with E-state index in [-0.39, 0.29) is 18.4 Å². The summed E-state index contributed by atoms with van der Waals surface area (Å²) in [5.41, 5.74) is 1.83. The van der Waals surface area contributed by atoms with Crippen molar-refractivity contribution in [2.24, 2.45) is 0 Å². The molecule has 1 aromatic carbocycles. The number of amides is 2. The highest BCUT2D eigenvalue weighted by atomic mass is 79.9. The van der Waals surface area contributed by atoms with Crippen LogP contribution in [0, 0.1) is 0 Å². The summed E-state index contributed by atoms with van der Waals surface area (Å²) >= 11 is 3.39. The second-order valence-corrected chi connectivity index (χ2v) is 5.50. The molecule has 114 valence electrons. The van der Waals surface area contributed by atoms with Gasteiger partial charge >= 0.3 is 0 Å². The third-order valence-corrected chi connectivity index (χ3v) is 4.19. The summed E-state index contributed by atoms with van der Waals surface area (Å²) in [5, 5.41) is 0.780. The van der Waals surface area contributed by atoms with E-state index in [0.717, 1.165) is 10.9 Å². The van der Waals surface area contributed by atoms with Gasteiger partial charge in [0.1, 0.15) is 6.61 Å². The highest BCUT2D eigenvalue weighted by Crippen LogP contribution is 2.12. The van der Waals surface area contributed by atoms with Crippen LogP contribution in [0.3, 0.4) is 0 Å². The fourth-order valence-electron chi connectivity index (χ4n) is 2.29. The number of nitrogens with zero attached hydrogens (tertiary/aromatic N) is 2. The van der Waals surface area contributed by atoms with Crippen LogP contribution in [0.1, 0.15) is 15.9 Å². The molecular formula is C15H19BrN2O3. The zero-order valence-corrected chi connectivity index (χ0v) is 13.6. The molecule has 1 aliphatic rings. The molecule has 0 aliphatic carbocycles. The lowest BCUT2D eigenvalue weighted by atomic mass is 10.1. The molecule has 21 heavy (non-hydrogen) atoms. The molecule has 1 aliphatic heterocycles. The summed E-state index contributed by atoms with van der Waals surface area (Å²) in [6.45, 7) is 2.35. The number of carbonyl (C=O) groups is 2. The summed E-state index contributed by atoms with van der Waals surface area (Å²) in [6.07, 6.45) is 0. The van der Waals surface area contributed by atoms with Crippen LogP contribution in [0.15, 0.2) is 24.3 Å². The van der Waals surface area contributed by atoms with Crippen LogP contribution in [0.5, 0.6) is 0 Å². The van der Waals surface area contributed by atoms with Crippen LogP contribution >= 0.6 is 15.9 Å². The van der Waals surface area contributed by atoms with Crippen molar-refractivity contribution >= 4 is 27.7 Å². The van der Waals surface area contributed by atoms with Gasteiger partial charge < -0.3 is 14.5 Å². The van der Waals surface area contributed by atoms with Gasteiger partial charge in [-0.15, -0.1) is 0 Å². The Bertz CT molecular complexity index is 496. The maximum atomic E-state index is 12.4. The predicted octanol–water partition coefficient (Wildman–Crippen LogP) is 1.51. The molecule has 1 heterocycles. The maximum absolute atomic E-state index is 12.4. The van der Waals surface area contributed by atoms with Gasteiger partial charge in [-0.1, -0.05) is 28.1 Å². The number of methoxy groups -OCH3 is 1. The maximum Gasteiger partial charge on any atom is 0.253 e. The number of rotatable bonds is 4. The van der Waals surface area contributed by atoms with E-state index >= 15 is 0 Å². The normalized spacial score (nSPS) is 15.1. The van der Waals surface area contributed by atoms with E-state index in [0.29, 0.717) is 31.7 Å². The summed E-state index contributed by atoms with van der Waals surface area (Å²) in [7, 11) is 1.51. The van der Waals surface area contributed by atoms with Crippen molar-refractivity contribution in [3.05, 3.63) is 35.4 Å². The summed E-state index contributed by atoms with van der Waals surface area (Å²) in [6, 6.07) is 7.59. The van der Waals surface area contributed by atoms with Gasteiger partial charge in [-0.25, -0.2) is 0 Å². The Hall–Kier alpha value is -1.40. The van der Waals surface area contributed by atoms with E-state index < -0.39 is 0 Å². The molecule has 2 rings (SSSR count). The van der Waals surface area contributed by atoms with Crippen LogP contribution in [0.25, 0.3) is 0 Å². The average molecular weight is 355 g/mol. The number of benzene rings is 1. The van der Waals surface area contributed by atoms with E-state index in [9.17, 15) is 9.59 Å². The number of hydrogen-bond acceptors (Lipinski definition) is 3. The minimum absolute atomic E-state index is 0.0220. The van der Waals surface area contributed by atoms with Gasteiger partial charge in [-0.05, 0) is 17.7 Å². The second kappa shape index (κ2) is 7.56. The van der Waals surface area contributed by atoms with Crippen molar-refractivity contribution < 1.29 is 14.3 Å². The fraction of sp³-hybridized carbons (Fsp3) is 0.467. The number of piperazine rings is 1. The van der Waals surface area contributed by atoms with Gasteiger partial charge in [0.2, 0.25) is 5.91 Å². The Morgan fingerprint density at radius 1 is 1.10 bits per heavy atom. The first-order valence-corrected chi connectivity index (χ1v) is 7.98. The van der Waals surface area contributed by atoms with Crippen molar-refractivity contribution in [3.8, 4) is 0 Å². The monoisotopic (exact) mass is 354 g/mol. The summed E-state index contributed by atoms with van der Waals surface area (Å²) in [4.78, 5) is 27.6. The molecule has 0 atom stereocenters. The van der Waals surface area contributed by atoms with Gasteiger partial charge in [-0.3, -0.25) is 9.59 Å². The average Bonchev–Trinajstić information content (AvgIpc) is 2.54. The molecule has 1 saturated heterocycles. The zero-order valence-electron chi connectivity index (χ0n) is 12.0. The van der Waals surface area contributed by atoms with Crippen molar-refractivity contribution in [2.75, 3.05) is 39.9 Å². The van der Waals surface area contributed by atoms with E-state index in [4.69, 9.17) is 4.74 Å². The van der Waals surface area contributed by atoms with Gasteiger partial charge in [0.25, 0.3) is 5.91 Å². The first-order chi connectivity index (χ1) is 10.2. The summed E-state index contributed by atoms with van der Waals surface area (Å²) < 4.78 is 4.85. The topological polar surface area (TPSA) is 49.9 Å². The van der Waals surface area contributed by atoms with Crippen LogP contribution in [0.2, 0.25) is 0 Å². The number of alkyl halides is 1. The minimum atomic E-state index is -0.0220. The summed E-state index contributed by atoms with van der Waals surface area (Å²) in [5.74, 6) is 0.00114. The minimum Gasteiger partial charge on any atom is -0.375 e.